The predicted octanol–water partition coefficient (Wildman–Crippen LogP) is 7.01. The topological polar surface area (TPSA) is 35.5 Å². The molecule has 0 N–H and O–H groups in total. The first-order chi connectivity index (χ1) is 14.0. The fourth-order valence-electron chi connectivity index (χ4n) is 2.74. The second kappa shape index (κ2) is 9.92. The number of rotatable bonds is 9. The van der Waals surface area contributed by atoms with E-state index in [1.54, 1.807) is 24.3 Å². The summed E-state index contributed by atoms with van der Waals surface area (Å²) in [7, 11) is 0. The lowest BCUT2D eigenvalue weighted by molar-refractivity contribution is -0.173. The Morgan fingerprint density at radius 3 is 2.03 bits per heavy atom. The zero-order chi connectivity index (χ0) is 22.5. The molecule has 0 unspecified atom stereocenters. The fraction of sp³-hybridized carbons (Fsp3) is 0.409. The summed E-state index contributed by atoms with van der Waals surface area (Å²) in [5, 5.41) is 0.819. The average molecular weight is 463 g/mol. The molecule has 0 bridgehead atoms. The number of halogens is 5. The summed E-state index contributed by atoms with van der Waals surface area (Å²) in [5.41, 5.74) is 1.21. The number of carbonyl (C=O) groups is 1. The first kappa shape index (κ1) is 24.4. The van der Waals surface area contributed by atoms with E-state index in [0.717, 1.165) is 24.0 Å². The maximum atomic E-state index is 12.3. The van der Waals surface area contributed by atoms with Gasteiger partial charge in [0.1, 0.15) is 5.75 Å². The van der Waals surface area contributed by atoms with Crippen molar-refractivity contribution in [3.8, 4) is 11.5 Å². The molecule has 3 nitrogen and oxygen atoms in total. The third kappa shape index (κ3) is 6.05. The Balaban J connectivity index is 2.17. The molecular formula is C22H23Cl2F3O3. The molecule has 2 rings (SSSR count). The summed E-state index contributed by atoms with van der Waals surface area (Å²) in [6.45, 7) is 5.46. The van der Waals surface area contributed by atoms with E-state index in [4.69, 9.17) is 32.7 Å². The largest absolute Gasteiger partial charge is 0.490 e. The Hall–Kier alpha value is -1.92. The molecule has 2 aromatic carbocycles. The van der Waals surface area contributed by atoms with Crippen LogP contribution in [0.1, 0.15) is 44.7 Å². The molecule has 0 amide bonds. The number of alkyl halides is 3. The van der Waals surface area contributed by atoms with E-state index >= 15 is 0 Å². The number of ketones is 1. The fourth-order valence-corrected chi connectivity index (χ4v) is 3.34. The maximum absolute atomic E-state index is 12.3. The highest BCUT2D eigenvalue weighted by molar-refractivity contribution is 6.37. The number of unbranched alkanes of at least 4 members (excludes halogenated alkanes) is 1. The molecule has 0 spiro atoms. The van der Waals surface area contributed by atoms with Gasteiger partial charge in [-0.3, -0.25) is 4.79 Å². The molecule has 0 aliphatic carbocycles. The zero-order valence-corrected chi connectivity index (χ0v) is 18.4. The van der Waals surface area contributed by atoms with Crippen LogP contribution in [0.25, 0.3) is 0 Å². The highest BCUT2D eigenvalue weighted by Crippen LogP contribution is 2.40. The molecule has 0 fully saturated rings. The van der Waals surface area contributed by atoms with E-state index in [1.165, 1.54) is 12.1 Å². The van der Waals surface area contributed by atoms with Gasteiger partial charge in [-0.25, -0.2) is 0 Å². The maximum Gasteiger partial charge on any atom is 0.453 e. The molecule has 30 heavy (non-hydrogen) atoms. The normalized spacial score (nSPS) is 12.0. The van der Waals surface area contributed by atoms with Crippen LogP contribution in [0.4, 0.5) is 13.2 Å². The van der Waals surface area contributed by atoms with Crippen molar-refractivity contribution in [2.45, 2.75) is 45.2 Å². The number of hydrogen-bond donors (Lipinski definition) is 0. The monoisotopic (exact) mass is 462 g/mol. The van der Waals surface area contributed by atoms with Gasteiger partial charge in [0.15, 0.2) is 12.4 Å². The van der Waals surface area contributed by atoms with Gasteiger partial charge in [-0.05, 0) is 41.8 Å². The molecule has 0 heterocycles. The highest BCUT2D eigenvalue weighted by Gasteiger charge is 2.38. The summed E-state index contributed by atoms with van der Waals surface area (Å²) in [4.78, 5) is 10.9. The second-order valence-corrected chi connectivity index (χ2v) is 8.14. The minimum absolute atomic E-state index is 0.169. The third-order valence-corrected chi connectivity index (χ3v) is 5.29. The summed E-state index contributed by atoms with van der Waals surface area (Å²) >= 11 is 12.8. The van der Waals surface area contributed by atoms with E-state index in [0.29, 0.717) is 22.4 Å². The number of benzene rings is 2. The van der Waals surface area contributed by atoms with Crippen molar-refractivity contribution in [1.82, 2.24) is 0 Å². The van der Waals surface area contributed by atoms with Crippen LogP contribution in [0.3, 0.4) is 0 Å². The molecule has 0 aliphatic rings. The minimum Gasteiger partial charge on any atom is -0.490 e. The van der Waals surface area contributed by atoms with E-state index < -0.39 is 24.0 Å². The standard InChI is InChI=1S/C22H23Cl2F3O3/c1-4-5-10-29-20-17(23)11-15(12-18(20)24)21(2,3)14-6-8-16(9-7-14)30-13-19(28)22(25,26)27/h6-9,11-12H,4-5,10,13H2,1-3H3. The van der Waals surface area contributed by atoms with Crippen LogP contribution < -0.4 is 9.47 Å². The van der Waals surface area contributed by atoms with Gasteiger partial charge in [0.05, 0.1) is 16.7 Å². The molecule has 164 valence electrons. The summed E-state index contributed by atoms with van der Waals surface area (Å²) in [6, 6.07) is 10.1. The van der Waals surface area contributed by atoms with Crippen LogP contribution in [-0.2, 0) is 10.2 Å². The molecule has 0 aliphatic heterocycles. The third-order valence-electron chi connectivity index (χ3n) is 4.73. The van der Waals surface area contributed by atoms with Crippen molar-refractivity contribution in [2.75, 3.05) is 13.2 Å². The van der Waals surface area contributed by atoms with E-state index in [-0.39, 0.29) is 5.75 Å². The molecule has 0 radical (unpaired) electrons. The van der Waals surface area contributed by atoms with Gasteiger partial charge in [-0.1, -0.05) is 62.5 Å². The molecule has 8 heteroatoms. The van der Waals surface area contributed by atoms with Crippen LogP contribution in [0.2, 0.25) is 10.0 Å². The van der Waals surface area contributed by atoms with E-state index in [9.17, 15) is 18.0 Å². The second-order valence-electron chi connectivity index (χ2n) is 7.33. The minimum atomic E-state index is -4.91. The zero-order valence-electron chi connectivity index (χ0n) is 16.9. The van der Waals surface area contributed by atoms with Crippen LogP contribution in [0.15, 0.2) is 36.4 Å². The van der Waals surface area contributed by atoms with Crippen LogP contribution in [-0.4, -0.2) is 25.2 Å². The van der Waals surface area contributed by atoms with Gasteiger partial charge in [0.2, 0.25) is 0 Å². The molecule has 0 atom stereocenters. The van der Waals surface area contributed by atoms with Crippen molar-refractivity contribution >= 4 is 29.0 Å². The Labute approximate surface area is 184 Å². The lowest BCUT2D eigenvalue weighted by Crippen LogP contribution is -2.28. The van der Waals surface area contributed by atoms with Gasteiger partial charge in [0.25, 0.3) is 5.78 Å². The van der Waals surface area contributed by atoms with Gasteiger partial charge in [0, 0.05) is 5.41 Å². The molecule has 0 aromatic heterocycles. The van der Waals surface area contributed by atoms with Crippen molar-refractivity contribution in [1.29, 1.82) is 0 Å². The van der Waals surface area contributed by atoms with Gasteiger partial charge < -0.3 is 9.47 Å². The Bertz CT molecular complexity index is 855. The van der Waals surface area contributed by atoms with E-state index in [1.807, 2.05) is 13.8 Å². The lowest BCUT2D eigenvalue weighted by Gasteiger charge is -2.27. The van der Waals surface area contributed by atoms with Crippen molar-refractivity contribution < 1.29 is 27.4 Å². The Kier molecular flexibility index (Phi) is 8.06. The molecular weight excluding hydrogens is 440 g/mol. The number of hydrogen-bond acceptors (Lipinski definition) is 3. The summed E-state index contributed by atoms with van der Waals surface area (Å²) in [5.74, 6) is -1.32. The first-order valence-electron chi connectivity index (χ1n) is 9.42. The van der Waals surface area contributed by atoms with Crippen LogP contribution in [0.5, 0.6) is 11.5 Å². The Morgan fingerprint density at radius 1 is 0.967 bits per heavy atom. The summed E-state index contributed by atoms with van der Waals surface area (Å²) < 4.78 is 47.5. The number of carbonyl (C=O) groups excluding carboxylic acids is 1. The van der Waals surface area contributed by atoms with Crippen molar-refractivity contribution in [2.24, 2.45) is 0 Å². The molecule has 0 saturated heterocycles. The lowest BCUT2D eigenvalue weighted by atomic mass is 9.78. The molecule has 0 saturated carbocycles. The van der Waals surface area contributed by atoms with Gasteiger partial charge in [-0.15, -0.1) is 0 Å². The SMILES string of the molecule is CCCCOc1c(Cl)cc(C(C)(C)c2ccc(OCC(=O)C(F)(F)F)cc2)cc1Cl. The summed E-state index contributed by atoms with van der Waals surface area (Å²) in [6.07, 6.45) is -3.03. The number of ether oxygens (including phenoxy) is 2. The van der Waals surface area contributed by atoms with E-state index in [2.05, 4.69) is 6.92 Å². The predicted molar refractivity (Wildman–Crippen MR) is 112 cm³/mol. The van der Waals surface area contributed by atoms with Crippen molar-refractivity contribution in [3.63, 3.8) is 0 Å². The van der Waals surface area contributed by atoms with Gasteiger partial charge >= 0.3 is 6.18 Å². The first-order valence-corrected chi connectivity index (χ1v) is 10.2. The molecule has 2 aromatic rings. The van der Waals surface area contributed by atoms with Crippen molar-refractivity contribution in [3.05, 3.63) is 57.6 Å². The van der Waals surface area contributed by atoms with Crippen LogP contribution >= 0.6 is 23.2 Å². The highest BCUT2D eigenvalue weighted by atomic mass is 35.5. The average Bonchev–Trinajstić information content (AvgIpc) is 2.67. The quantitative estimate of drug-likeness (QED) is 0.376. The smallest absolute Gasteiger partial charge is 0.453 e. The van der Waals surface area contributed by atoms with Gasteiger partial charge in [-0.2, -0.15) is 13.2 Å². The van der Waals surface area contributed by atoms with Crippen LogP contribution in [0, 0.1) is 0 Å². The number of Topliss-reactive ketones (excluding diaryl/α,β-unsaturated/α-hetero) is 1. The Morgan fingerprint density at radius 2 is 1.53 bits per heavy atom.